The third kappa shape index (κ3) is 4.00. The van der Waals surface area contributed by atoms with Gasteiger partial charge in [-0.3, -0.25) is 4.79 Å². The standard InChI is InChI=1S/C14H12F13NO/c15-9(16,8(29)4-7-28-5-2-1-3-6-28)10(17,18)11(19,20)12(21,22)13(23,24)14(25,26)27/h4,7H,1-3,5-6H2/b7-4+. The van der Waals surface area contributed by atoms with Gasteiger partial charge in [0.2, 0.25) is 5.78 Å². The summed E-state index contributed by atoms with van der Waals surface area (Å²) in [5.41, 5.74) is 0. The van der Waals surface area contributed by atoms with Crippen LogP contribution in [0.2, 0.25) is 0 Å². The minimum Gasteiger partial charge on any atom is -0.377 e. The van der Waals surface area contributed by atoms with Crippen LogP contribution in [0.4, 0.5) is 57.1 Å². The third-order valence-corrected chi connectivity index (χ3v) is 4.07. The van der Waals surface area contributed by atoms with Crippen molar-refractivity contribution in [2.24, 2.45) is 0 Å². The Morgan fingerprint density at radius 2 is 1.03 bits per heavy atom. The van der Waals surface area contributed by atoms with Gasteiger partial charge in [-0.25, -0.2) is 0 Å². The topological polar surface area (TPSA) is 20.3 Å². The number of allylic oxidation sites excluding steroid dienone is 1. The fraction of sp³-hybridized carbons (Fsp3) is 0.786. The molecular weight excluding hydrogens is 445 g/mol. The van der Waals surface area contributed by atoms with E-state index in [0.717, 1.165) is 4.90 Å². The lowest BCUT2D eigenvalue weighted by molar-refractivity contribution is -0.435. The van der Waals surface area contributed by atoms with E-state index in [1.807, 2.05) is 0 Å². The van der Waals surface area contributed by atoms with Crippen LogP contribution >= 0.6 is 0 Å². The second-order valence-electron chi connectivity index (χ2n) is 6.15. The summed E-state index contributed by atoms with van der Waals surface area (Å²) >= 11 is 0. The van der Waals surface area contributed by atoms with Gasteiger partial charge in [0.05, 0.1) is 0 Å². The highest BCUT2D eigenvalue weighted by molar-refractivity contribution is 5.96. The largest absolute Gasteiger partial charge is 0.460 e. The average molecular weight is 457 g/mol. The number of carbonyl (C=O) groups is 1. The molecule has 0 N–H and O–H groups in total. The van der Waals surface area contributed by atoms with Crippen molar-refractivity contribution in [3.05, 3.63) is 12.3 Å². The van der Waals surface area contributed by atoms with Gasteiger partial charge >= 0.3 is 35.8 Å². The van der Waals surface area contributed by atoms with E-state index in [0.29, 0.717) is 25.5 Å². The van der Waals surface area contributed by atoms with Crippen molar-refractivity contribution in [2.75, 3.05) is 13.1 Å². The average Bonchev–Trinajstić information content (AvgIpc) is 2.58. The van der Waals surface area contributed by atoms with E-state index in [1.54, 1.807) is 0 Å². The molecule has 0 amide bonds. The Hall–Kier alpha value is -1.70. The molecule has 0 aliphatic carbocycles. The van der Waals surface area contributed by atoms with Gasteiger partial charge in [0.15, 0.2) is 0 Å². The van der Waals surface area contributed by atoms with Gasteiger partial charge in [-0.1, -0.05) is 0 Å². The molecule has 0 radical (unpaired) electrons. The Morgan fingerprint density at radius 3 is 1.45 bits per heavy atom. The molecule has 29 heavy (non-hydrogen) atoms. The van der Waals surface area contributed by atoms with Gasteiger partial charge in [0.25, 0.3) is 0 Å². The molecule has 170 valence electrons. The van der Waals surface area contributed by atoms with Gasteiger partial charge in [0, 0.05) is 25.4 Å². The van der Waals surface area contributed by atoms with Crippen molar-refractivity contribution in [3.63, 3.8) is 0 Å². The van der Waals surface area contributed by atoms with Crippen LogP contribution in [0, 0.1) is 0 Å². The lowest BCUT2D eigenvalue weighted by Gasteiger charge is -2.39. The Kier molecular flexibility index (Phi) is 6.57. The molecule has 0 bridgehead atoms. The number of halogens is 13. The number of hydrogen-bond acceptors (Lipinski definition) is 2. The molecule has 2 nitrogen and oxygen atoms in total. The van der Waals surface area contributed by atoms with E-state index in [-0.39, 0.29) is 19.2 Å². The van der Waals surface area contributed by atoms with Gasteiger partial charge in [0.1, 0.15) is 0 Å². The molecule has 1 aliphatic heterocycles. The van der Waals surface area contributed by atoms with Gasteiger partial charge < -0.3 is 4.90 Å². The van der Waals surface area contributed by atoms with Crippen LogP contribution in [0.1, 0.15) is 19.3 Å². The fourth-order valence-electron chi connectivity index (χ4n) is 2.27. The van der Waals surface area contributed by atoms with Gasteiger partial charge in [-0.2, -0.15) is 57.1 Å². The first kappa shape index (κ1) is 25.3. The Morgan fingerprint density at radius 1 is 0.621 bits per heavy atom. The van der Waals surface area contributed by atoms with Crippen molar-refractivity contribution >= 4 is 5.78 Å². The van der Waals surface area contributed by atoms with E-state index < -0.39 is 41.6 Å². The third-order valence-electron chi connectivity index (χ3n) is 4.07. The molecule has 1 rings (SSSR count). The van der Waals surface area contributed by atoms with Crippen LogP contribution in [-0.4, -0.2) is 59.6 Å². The predicted octanol–water partition coefficient (Wildman–Crippen LogP) is 5.29. The molecule has 0 aromatic rings. The number of piperidine rings is 1. The van der Waals surface area contributed by atoms with E-state index in [4.69, 9.17) is 0 Å². The second-order valence-corrected chi connectivity index (χ2v) is 6.15. The smallest absolute Gasteiger partial charge is 0.377 e. The van der Waals surface area contributed by atoms with E-state index in [2.05, 4.69) is 0 Å². The summed E-state index contributed by atoms with van der Waals surface area (Å²) in [4.78, 5) is 12.4. The molecule has 1 fully saturated rings. The molecule has 0 atom stereocenters. The molecule has 1 saturated heterocycles. The summed E-state index contributed by atoms with van der Waals surface area (Å²) in [7, 11) is 0. The van der Waals surface area contributed by atoms with Crippen molar-refractivity contribution in [2.45, 2.75) is 55.1 Å². The molecule has 0 aromatic carbocycles. The number of alkyl halides is 13. The summed E-state index contributed by atoms with van der Waals surface area (Å²) in [5, 5.41) is 0. The molecular formula is C14H12F13NO. The van der Waals surface area contributed by atoms with Crippen LogP contribution in [0.5, 0.6) is 0 Å². The van der Waals surface area contributed by atoms with Crippen molar-refractivity contribution in [1.82, 2.24) is 4.90 Å². The van der Waals surface area contributed by atoms with E-state index >= 15 is 0 Å². The summed E-state index contributed by atoms with van der Waals surface area (Å²) < 4.78 is 168. The minimum absolute atomic E-state index is 0.151. The Bertz CT molecular complexity index is 632. The van der Waals surface area contributed by atoms with Crippen LogP contribution in [0.3, 0.4) is 0 Å². The number of carbonyl (C=O) groups excluding carboxylic acids is 1. The van der Waals surface area contributed by atoms with Gasteiger partial charge in [-0.15, -0.1) is 0 Å². The number of ketones is 1. The van der Waals surface area contributed by atoms with Crippen molar-refractivity contribution in [3.8, 4) is 0 Å². The zero-order chi connectivity index (χ0) is 23.1. The summed E-state index contributed by atoms with van der Waals surface area (Å²) in [6.07, 6.45) is -5.70. The van der Waals surface area contributed by atoms with Gasteiger partial charge in [-0.05, 0) is 19.3 Å². The maximum absolute atomic E-state index is 13.6. The van der Waals surface area contributed by atoms with Crippen LogP contribution in [0.15, 0.2) is 12.3 Å². The highest BCUT2D eigenvalue weighted by Gasteiger charge is 2.91. The summed E-state index contributed by atoms with van der Waals surface area (Å²) in [5.74, 6) is -41.3. The fourth-order valence-corrected chi connectivity index (χ4v) is 2.27. The molecule has 1 aliphatic rings. The first-order valence-electron chi connectivity index (χ1n) is 7.67. The van der Waals surface area contributed by atoms with Crippen molar-refractivity contribution < 1.29 is 61.9 Å². The first-order valence-corrected chi connectivity index (χ1v) is 7.67. The zero-order valence-corrected chi connectivity index (χ0v) is 14.0. The molecule has 0 spiro atoms. The Balaban J connectivity index is 3.27. The monoisotopic (exact) mass is 457 g/mol. The summed E-state index contributed by atoms with van der Waals surface area (Å²) in [6, 6.07) is 0. The lowest BCUT2D eigenvalue weighted by Crippen LogP contribution is -2.71. The lowest BCUT2D eigenvalue weighted by atomic mass is 9.92. The van der Waals surface area contributed by atoms with E-state index in [1.165, 1.54) is 0 Å². The minimum atomic E-state index is -8.01. The molecule has 1 heterocycles. The molecule has 15 heteroatoms. The first-order chi connectivity index (χ1) is 12.7. The normalized spacial score (nSPS) is 18.4. The number of likely N-dealkylation sites (tertiary alicyclic amines) is 1. The molecule has 0 aromatic heterocycles. The van der Waals surface area contributed by atoms with Crippen LogP contribution in [-0.2, 0) is 4.79 Å². The Labute approximate surface area is 154 Å². The number of hydrogen-bond donors (Lipinski definition) is 0. The zero-order valence-electron chi connectivity index (χ0n) is 14.0. The number of nitrogens with zero attached hydrogens (tertiary/aromatic N) is 1. The van der Waals surface area contributed by atoms with Crippen molar-refractivity contribution in [1.29, 1.82) is 0 Å². The highest BCUT2D eigenvalue weighted by atomic mass is 19.4. The molecule has 0 saturated carbocycles. The summed E-state index contributed by atoms with van der Waals surface area (Å²) in [6.45, 7) is 0.301. The molecule has 0 unspecified atom stereocenters. The maximum Gasteiger partial charge on any atom is 0.460 e. The predicted molar refractivity (Wildman–Crippen MR) is 70.4 cm³/mol. The van der Waals surface area contributed by atoms with E-state index in [9.17, 15) is 61.9 Å². The quantitative estimate of drug-likeness (QED) is 0.383. The second kappa shape index (κ2) is 7.52. The SMILES string of the molecule is O=C(/C=C/N1CCCCC1)C(F)(F)C(F)(F)C(F)(F)C(F)(F)C(F)(F)C(F)(F)F. The van der Waals surface area contributed by atoms with Crippen LogP contribution in [0.25, 0.3) is 0 Å². The highest BCUT2D eigenvalue weighted by Crippen LogP contribution is 2.60. The number of rotatable bonds is 7. The maximum atomic E-state index is 13.6. The van der Waals surface area contributed by atoms with Crippen LogP contribution < -0.4 is 0 Å².